The van der Waals surface area contributed by atoms with Crippen LogP contribution in [-0.2, 0) is 4.79 Å². The maximum Gasteiger partial charge on any atom is 0.173 e. The van der Waals surface area contributed by atoms with Gasteiger partial charge in [0.2, 0.25) is 0 Å². The molecule has 0 aliphatic rings. The number of hydrogen-bond donors (Lipinski definition) is 0. The fourth-order valence-electron chi connectivity index (χ4n) is 0.478. The number of Topliss-reactive ketones (excluding diaryl/α,β-unsaturated/α-hetero) is 1. The van der Waals surface area contributed by atoms with Gasteiger partial charge in [-0.1, -0.05) is 0 Å². The summed E-state index contributed by atoms with van der Waals surface area (Å²) in [5.74, 6) is 0.0590. The van der Waals surface area contributed by atoms with Crippen molar-refractivity contribution >= 4 is 11.5 Å². The Morgan fingerprint density at radius 2 is 1.78 bits per heavy atom. The van der Waals surface area contributed by atoms with Crippen molar-refractivity contribution in [3.8, 4) is 0 Å². The fourth-order valence-corrected chi connectivity index (χ4v) is 0.478. The smallest absolute Gasteiger partial charge is 0.173 e. The molecular formula is C7H13NO. The number of aliphatic imine (C=N–C) groups is 1. The molecule has 9 heavy (non-hydrogen) atoms. The minimum absolute atomic E-state index is 0.0590. The molecule has 2 heteroatoms. The third-order valence-corrected chi connectivity index (χ3v) is 0.961. The molecule has 0 aromatic carbocycles. The van der Waals surface area contributed by atoms with E-state index < -0.39 is 0 Å². The number of nitrogens with zero attached hydrogens (tertiary/aromatic N) is 1. The standard InChI is InChI=1S/C7H13NO/c1-5(2)8-6(3)7(4)9/h5H,1-4H3/b8-6-. The number of ketones is 1. The maximum absolute atomic E-state index is 10.5. The van der Waals surface area contributed by atoms with Gasteiger partial charge in [-0.2, -0.15) is 0 Å². The summed E-state index contributed by atoms with van der Waals surface area (Å²) in [5, 5.41) is 0. The second-order valence-electron chi connectivity index (χ2n) is 2.36. The lowest BCUT2D eigenvalue weighted by atomic mass is 10.3. The molecule has 0 aliphatic heterocycles. The number of rotatable bonds is 2. The molecule has 0 heterocycles. The third kappa shape index (κ3) is 3.88. The van der Waals surface area contributed by atoms with Gasteiger partial charge in [0.25, 0.3) is 0 Å². The second-order valence-corrected chi connectivity index (χ2v) is 2.36. The molecule has 0 N–H and O–H groups in total. The van der Waals surface area contributed by atoms with Crippen molar-refractivity contribution in [2.45, 2.75) is 33.7 Å². The van der Waals surface area contributed by atoms with Crippen LogP contribution in [0.1, 0.15) is 27.7 Å². The predicted octanol–water partition coefficient (Wildman–Crippen LogP) is 1.44. The zero-order valence-electron chi connectivity index (χ0n) is 6.43. The highest BCUT2D eigenvalue weighted by molar-refractivity contribution is 6.38. The van der Waals surface area contributed by atoms with E-state index >= 15 is 0 Å². The summed E-state index contributed by atoms with van der Waals surface area (Å²) in [7, 11) is 0. The lowest BCUT2D eigenvalue weighted by Crippen LogP contribution is -2.07. The summed E-state index contributed by atoms with van der Waals surface area (Å²) in [4.78, 5) is 14.6. The van der Waals surface area contributed by atoms with E-state index in [4.69, 9.17) is 0 Å². The molecule has 0 aromatic heterocycles. The Morgan fingerprint density at radius 3 is 1.89 bits per heavy atom. The van der Waals surface area contributed by atoms with Crippen LogP contribution >= 0.6 is 0 Å². The van der Waals surface area contributed by atoms with Gasteiger partial charge in [0.05, 0.1) is 5.71 Å². The molecule has 0 rings (SSSR count). The van der Waals surface area contributed by atoms with E-state index in [0.717, 1.165) is 0 Å². The molecular weight excluding hydrogens is 114 g/mol. The third-order valence-electron chi connectivity index (χ3n) is 0.961. The number of hydrogen-bond acceptors (Lipinski definition) is 2. The monoisotopic (exact) mass is 127 g/mol. The lowest BCUT2D eigenvalue weighted by Gasteiger charge is -1.96. The van der Waals surface area contributed by atoms with E-state index in [1.807, 2.05) is 13.8 Å². The van der Waals surface area contributed by atoms with Crippen LogP contribution in [0.2, 0.25) is 0 Å². The second kappa shape index (κ2) is 3.38. The van der Waals surface area contributed by atoms with Crippen molar-refractivity contribution in [1.29, 1.82) is 0 Å². The van der Waals surface area contributed by atoms with E-state index in [0.29, 0.717) is 5.71 Å². The molecule has 0 aliphatic carbocycles. The van der Waals surface area contributed by atoms with Crippen LogP contribution in [0.25, 0.3) is 0 Å². The molecule has 0 aromatic rings. The summed E-state index contributed by atoms with van der Waals surface area (Å²) in [6, 6.07) is 0.230. The van der Waals surface area contributed by atoms with Gasteiger partial charge in [0.15, 0.2) is 5.78 Å². The first-order valence-corrected chi connectivity index (χ1v) is 3.09. The molecule has 0 fully saturated rings. The van der Waals surface area contributed by atoms with Gasteiger partial charge >= 0.3 is 0 Å². The van der Waals surface area contributed by atoms with Gasteiger partial charge in [-0.05, 0) is 20.8 Å². The molecule has 0 unspecified atom stereocenters. The topological polar surface area (TPSA) is 29.4 Å². The minimum Gasteiger partial charge on any atom is -0.293 e. The van der Waals surface area contributed by atoms with Gasteiger partial charge < -0.3 is 0 Å². The Hall–Kier alpha value is -0.660. The van der Waals surface area contributed by atoms with Crippen molar-refractivity contribution in [2.24, 2.45) is 4.99 Å². The molecule has 52 valence electrons. The van der Waals surface area contributed by atoms with Gasteiger partial charge in [-0.3, -0.25) is 9.79 Å². The quantitative estimate of drug-likeness (QED) is 0.516. The van der Waals surface area contributed by atoms with Crippen LogP contribution in [0, 0.1) is 0 Å². The lowest BCUT2D eigenvalue weighted by molar-refractivity contribution is -0.111. The highest BCUT2D eigenvalue weighted by Gasteiger charge is 1.96. The molecule has 2 nitrogen and oxygen atoms in total. The Kier molecular flexibility index (Phi) is 3.13. The van der Waals surface area contributed by atoms with Crippen LogP contribution in [0.4, 0.5) is 0 Å². The number of carbonyl (C=O) groups is 1. The van der Waals surface area contributed by atoms with E-state index in [-0.39, 0.29) is 11.8 Å². The molecule has 0 atom stereocenters. The summed E-state index contributed by atoms with van der Waals surface area (Å²) in [5.41, 5.74) is 0.616. The average molecular weight is 127 g/mol. The summed E-state index contributed by atoms with van der Waals surface area (Å²) in [6.07, 6.45) is 0. The highest BCUT2D eigenvalue weighted by Crippen LogP contribution is 1.88. The first-order chi connectivity index (χ1) is 4.04. The van der Waals surface area contributed by atoms with Gasteiger partial charge in [0, 0.05) is 13.0 Å². The van der Waals surface area contributed by atoms with E-state index in [1.165, 1.54) is 6.92 Å². The normalized spacial score (nSPS) is 12.3. The zero-order valence-corrected chi connectivity index (χ0v) is 6.43. The maximum atomic E-state index is 10.5. The molecule has 0 amide bonds. The van der Waals surface area contributed by atoms with E-state index in [2.05, 4.69) is 4.99 Å². The van der Waals surface area contributed by atoms with Crippen LogP contribution in [0.5, 0.6) is 0 Å². The van der Waals surface area contributed by atoms with Crippen molar-refractivity contribution in [3.63, 3.8) is 0 Å². The first kappa shape index (κ1) is 8.34. The average Bonchev–Trinajstić information content (AvgIpc) is 1.63. The van der Waals surface area contributed by atoms with Crippen molar-refractivity contribution in [3.05, 3.63) is 0 Å². The molecule has 0 bridgehead atoms. The zero-order chi connectivity index (χ0) is 7.44. The summed E-state index contributed by atoms with van der Waals surface area (Å²) >= 11 is 0. The van der Waals surface area contributed by atoms with E-state index in [1.54, 1.807) is 6.92 Å². The largest absolute Gasteiger partial charge is 0.293 e. The minimum atomic E-state index is 0.0590. The first-order valence-electron chi connectivity index (χ1n) is 3.09. The molecule has 0 spiro atoms. The van der Waals surface area contributed by atoms with Crippen LogP contribution in [0.15, 0.2) is 4.99 Å². The highest BCUT2D eigenvalue weighted by atomic mass is 16.1. The molecule has 0 saturated heterocycles. The fraction of sp³-hybridized carbons (Fsp3) is 0.714. The summed E-state index contributed by atoms with van der Waals surface area (Å²) in [6.45, 7) is 7.17. The van der Waals surface area contributed by atoms with Crippen LogP contribution < -0.4 is 0 Å². The van der Waals surface area contributed by atoms with Crippen LogP contribution in [0.3, 0.4) is 0 Å². The van der Waals surface area contributed by atoms with E-state index in [9.17, 15) is 4.79 Å². The van der Waals surface area contributed by atoms with Crippen molar-refractivity contribution in [1.82, 2.24) is 0 Å². The molecule has 0 saturated carbocycles. The molecule has 0 radical (unpaired) electrons. The van der Waals surface area contributed by atoms with Crippen molar-refractivity contribution in [2.75, 3.05) is 0 Å². The Morgan fingerprint density at radius 1 is 1.33 bits per heavy atom. The van der Waals surface area contributed by atoms with Gasteiger partial charge in [-0.25, -0.2) is 0 Å². The van der Waals surface area contributed by atoms with Crippen molar-refractivity contribution < 1.29 is 4.79 Å². The Balaban J connectivity index is 4.00. The Bertz CT molecular complexity index is 136. The van der Waals surface area contributed by atoms with Gasteiger partial charge in [-0.15, -0.1) is 0 Å². The Labute approximate surface area is 56.0 Å². The summed E-state index contributed by atoms with van der Waals surface area (Å²) < 4.78 is 0. The predicted molar refractivity (Wildman–Crippen MR) is 38.9 cm³/mol. The van der Waals surface area contributed by atoms with Crippen LogP contribution in [-0.4, -0.2) is 17.5 Å². The SMILES string of the molecule is CC(=O)/C(C)=N\C(C)C. The number of carbonyl (C=O) groups excluding carboxylic acids is 1. The van der Waals surface area contributed by atoms with Gasteiger partial charge in [0.1, 0.15) is 0 Å².